The third kappa shape index (κ3) is 4.64. The Balaban J connectivity index is 2.28. The van der Waals surface area contributed by atoms with E-state index in [4.69, 9.17) is 11.6 Å². The summed E-state index contributed by atoms with van der Waals surface area (Å²) in [5.74, 6) is -0.0856. The lowest BCUT2D eigenvalue weighted by Gasteiger charge is -2.11. The van der Waals surface area contributed by atoms with Gasteiger partial charge in [-0.25, -0.2) is 18.4 Å². The van der Waals surface area contributed by atoms with Crippen LogP contribution in [0.25, 0.3) is 0 Å². The summed E-state index contributed by atoms with van der Waals surface area (Å²) in [5, 5.41) is 2.77. The highest BCUT2D eigenvalue weighted by molar-refractivity contribution is 7.92. The van der Waals surface area contributed by atoms with Gasteiger partial charge in [0, 0.05) is 5.69 Å². The molecule has 9 heteroatoms. The SMILES string of the molecule is Cc1ncc(Cl)c(C(=O)Nc2ccc(C)c(NS(C)(=O)=O)c2)n1. The van der Waals surface area contributed by atoms with Crippen LogP contribution in [0.1, 0.15) is 21.9 Å². The largest absolute Gasteiger partial charge is 0.321 e. The first-order valence-corrected chi connectivity index (χ1v) is 8.81. The number of hydrogen-bond donors (Lipinski definition) is 2. The molecule has 0 aliphatic heterocycles. The molecular weight excluding hydrogens is 340 g/mol. The molecule has 0 spiro atoms. The van der Waals surface area contributed by atoms with E-state index in [1.54, 1.807) is 26.0 Å². The molecule has 0 unspecified atom stereocenters. The van der Waals surface area contributed by atoms with E-state index in [1.165, 1.54) is 12.3 Å². The zero-order valence-electron chi connectivity index (χ0n) is 12.7. The van der Waals surface area contributed by atoms with Crippen LogP contribution in [-0.2, 0) is 10.0 Å². The molecule has 0 aliphatic rings. The van der Waals surface area contributed by atoms with E-state index in [2.05, 4.69) is 20.0 Å². The number of rotatable bonds is 4. The number of aromatic nitrogens is 2. The predicted molar refractivity (Wildman–Crippen MR) is 89.4 cm³/mol. The number of halogens is 1. The highest BCUT2D eigenvalue weighted by Crippen LogP contribution is 2.22. The van der Waals surface area contributed by atoms with Crippen LogP contribution in [0.2, 0.25) is 5.02 Å². The summed E-state index contributed by atoms with van der Waals surface area (Å²) in [6, 6.07) is 4.87. The fourth-order valence-corrected chi connectivity index (χ4v) is 2.61. The summed E-state index contributed by atoms with van der Waals surface area (Å²) in [7, 11) is -3.41. The minimum absolute atomic E-state index is 0.0531. The first-order chi connectivity index (χ1) is 10.7. The Morgan fingerprint density at radius 2 is 1.96 bits per heavy atom. The van der Waals surface area contributed by atoms with E-state index < -0.39 is 15.9 Å². The Morgan fingerprint density at radius 1 is 1.26 bits per heavy atom. The van der Waals surface area contributed by atoms with Crippen LogP contribution in [0.15, 0.2) is 24.4 Å². The smallest absolute Gasteiger partial charge is 0.275 e. The first-order valence-electron chi connectivity index (χ1n) is 6.54. The van der Waals surface area contributed by atoms with Crippen molar-refractivity contribution in [1.29, 1.82) is 0 Å². The molecular formula is C14H15ClN4O3S. The lowest BCUT2D eigenvalue weighted by molar-refractivity contribution is 0.102. The van der Waals surface area contributed by atoms with E-state index >= 15 is 0 Å². The van der Waals surface area contributed by atoms with E-state index in [1.807, 2.05) is 0 Å². The summed E-state index contributed by atoms with van der Waals surface area (Å²) in [6.07, 6.45) is 2.41. The summed E-state index contributed by atoms with van der Waals surface area (Å²) >= 11 is 5.92. The third-order valence-corrected chi connectivity index (χ3v) is 3.74. The average molecular weight is 355 g/mol. The van der Waals surface area contributed by atoms with Crippen molar-refractivity contribution in [3.63, 3.8) is 0 Å². The minimum atomic E-state index is -3.41. The van der Waals surface area contributed by atoms with E-state index in [9.17, 15) is 13.2 Å². The van der Waals surface area contributed by atoms with Gasteiger partial charge in [-0.1, -0.05) is 17.7 Å². The first kappa shape index (κ1) is 17.2. The molecule has 0 aliphatic carbocycles. The van der Waals surface area contributed by atoms with Crippen molar-refractivity contribution in [2.75, 3.05) is 16.3 Å². The Hall–Kier alpha value is -2.19. The van der Waals surface area contributed by atoms with Gasteiger partial charge in [-0.2, -0.15) is 0 Å². The molecule has 2 N–H and O–H groups in total. The van der Waals surface area contributed by atoms with Gasteiger partial charge in [0.25, 0.3) is 5.91 Å². The zero-order valence-corrected chi connectivity index (χ0v) is 14.3. The fourth-order valence-electron chi connectivity index (χ4n) is 1.81. The van der Waals surface area contributed by atoms with Crippen LogP contribution in [-0.4, -0.2) is 30.5 Å². The third-order valence-electron chi connectivity index (χ3n) is 2.87. The van der Waals surface area contributed by atoms with Crippen LogP contribution in [0, 0.1) is 13.8 Å². The average Bonchev–Trinajstić information content (AvgIpc) is 2.43. The molecule has 122 valence electrons. The molecule has 0 fully saturated rings. The second-order valence-corrected chi connectivity index (χ2v) is 7.13. The summed E-state index contributed by atoms with van der Waals surface area (Å²) in [6.45, 7) is 3.40. The molecule has 0 atom stereocenters. The van der Waals surface area contributed by atoms with E-state index in [-0.39, 0.29) is 10.7 Å². The number of hydrogen-bond acceptors (Lipinski definition) is 5. The molecule has 7 nitrogen and oxygen atoms in total. The number of carbonyl (C=O) groups is 1. The zero-order chi connectivity index (χ0) is 17.2. The molecule has 1 aromatic carbocycles. The predicted octanol–water partition coefficient (Wildman–Crippen LogP) is 2.37. The molecule has 0 saturated heterocycles. The monoisotopic (exact) mass is 354 g/mol. The lowest BCUT2D eigenvalue weighted by Crippen LogP contribution is -2.16. The summed E-state index contributed by atoms with van der Waals surface area (Å²) < 4.78 is 25.1. The highest BCUT2D eigenvalue weighted by Gasteiger charge is 2.14. The molecule has 2 rings (SSSR count). The molecule has 1 heterocycles. The number of carbonyl (C=O) groups excluding carboxylic acids is 1. The van der Waals surface area contributed by atoms with Gasteiger partial charge >= 0.3 is 0 Å². The number of nitrogens with zero attached hydrogens (tertiary/aromatic N) is 2. The molecule has 1 aromatic heterocycles. The standard InChI is InChI=1S/C14H15ClN4O3S/c1-8-4-5-10(6-12(8)19-23(3,21)22)18-14(20)13-11(15)7-16-9(2)17-13/h4-7,19H,1-3H3,(H,18,20). The maximum absolute atomic E-state index is 12.2. The van der Waals surface area contributed by atoms with Crippen molar-refractivity contribution >= 4 is 38.9 Å². The summed E-state index contributed by atoms with van der Waals surface area (Å²) in [5.41, 5.74) is 1.58. The number of aryl methyl sites for hydroxylation is 2. The molecule has 1 amide bonds. The van der Waals surface area contributed by atoms with Gasteiger partial charge in [0.1, 0.15) is 5.82 Å². The van der Waals surface area contributed by atoms with Crippen LogP contribution >= 0.6 is 11.6 Å². The topological polar surface area (TPSA) is 101 Å². The second kappa shape index (κ2) is 6.51. The van der Waals surface area contributed by atoms with Gasteiger partial charge in [0.05, 0.1) is 23.2 Å². The van der Waals surface area contributed by atoms with Crippen LogP contribution < -0.4 is 10.0 Å². The van der Waals surface area contributed by atoms with E-state index in [0.29, 0.717) is 17.2 Å². The molecule has 0 saturated carbocycles. The van der Waals surface area contributed by atoms with Crippen molar-refractivity contribution in [3.8, 4) is 0 Å². The van der Waals surface area contributed by atoms with Gasteiger partial charge in [-0.05, 0) is 31.5 Å². The van der Waals surface area contributed by atoms with Gasteiger partial charge in [0.2, 0.25) is 10.0 Å². The number of anilines is 2. The Bertz CT molecular complexity index is 868. The maximum Gasteiger partial charge on any atom is 0.275 e. The number of amides is 1. The van der Waals surface area contributed by atoms with Crippen molar-refractivity contribution in [1.82, 2.24) is 9.97 Å². The minimum Gasteiger partial charge on any atom is -0.321 e. The maximum atomic E-state index is 12.2. The summed E-state index contributed by atoms with van der Waals surface area (Å²) in [4.78, 5) is 20.1. The molecule has 23 heavy (non-hydrogen) atoms. The fraction of sp³-hybridized carbons (Fsp3) is 0.214. The second-order valence-electron chi connectivity index (χ2n) is 4.97. The van der Waals surface area contributed by atoms with Gasteiger partial charge < -0.3 is 5.32 Å². The van der Waals surface area contributed by atoms with Gasteiger partial charge in [-0.3, -0.25) is 9.52 Å². The Labute approximate surface area is 139 Å². The van der Waals surface area contributed by atoms with Crippen molar-refractivity contribution in [3.05, 3.63) is 46.5 Å². The highest BCUT2D eigenvalue weighted by atomic mass is 35.5. The Kier molecular flexibility index (Phi) is 4.86. The number of sulfonamides is 1. The molecule has 2 aromatic rings. The molecule has 0 radical (unpaired) electrons. The lowest BCUT2D eigenvalue weighted by atomic mass is 10.2. The quantitative estimate of drug-likeness (QED) is 0.877. The van der Waals surface area contributed by atoms with Gasteiger partial charge in [0.15, 0.2) is 5.69 Å². The number of nitrogens with one attached hydrogen (secondary N) is 2. The number of benzene rings is 1. The molecule has 0 bridgehead atoms. The van der Waals surface area contributed by atoms with Crippen molar-refractivity contribution in [2.24, 2.45) is 0 Å². The van der Waals surface area contributed by atoms with Gasteiger partial charge in [-0.15, -0.1) is 0 Å². The van der Waals surface area contributed by atoms with Crippen LogP contribution in [0.4, 0.5) is 11.4 Å². The Morgan fingerprint density at radius 3 is 2.61 bits per heavy atom. The van der Waals surface area contributed by atoms with Crippen molar-refractivity contribution < 1.29 is 13.2 Å². The normalized spacial score (nSPS) is 11.1. The van der Waals surface area contributed by atoms with Crippen LogP contribution in [0.3, 0.4) is 0 Å². The van der Waals surface area contributed by atoms with E-state index in [0.717, 1.165) is 11.8 Å². The van der Waals surface area contributed by atoms with Crippen LogP contribution in [0.5, 0.6) is 0 Å². The van der Waals surface area contributed by atoms with Crippen molar-refractivity contribution in [2.45, 2.75) is 13.8 Å².